The number of benzene rings is 3. The number of hydrogen-bond donors (Lipinski definition) is 0. The molecule has 7 nitrogen and oxygen atoms in total. The molecular weight excluding hydrogens is 482 g/mol. The van der Waals surface area contributed by atoms with Gasteiger partial charge in [0.15, 0.2) is 23.0 Å². The summed E-state index contributed by atoms with van der Waals surface area (Å²) in [6, 6.07) is 14.4. The average molecular weight is 512 g/mol. The second-order valence-electron chi connectivity index (χ2n) is 8.15. The topological polar surface area (TPSA) is 66.5 Å². The van der Waals surface area contributed by atoms with Gasteiger partial charge in [0, 0.05) is 10.7 Å². The predicted octanol–water partition coefficient (Wildman–Crippen LogP) is 5.84. The summed E-state index contributed by atoms with van der Waals surface area (Å²) in [5.41, 5.74) is 3.24. The smallest absolute Gasteiger partial charge is 0.232 e. The molecule has 1 amide bonds. The zero-order valence-corrected chi connectivity index (χ0v) is 21.8. The van der Waals surface area contributed by atoms with E-state index < -0.39 is 6.04 Å². The third-order valence-electron chi connectivity index (χ3n) is 6.06. The summed E-state index contributed by atoms with van der Waals surface area (Å²) in [6.45, 7) is 4.80. The van der Waals surface area contributed by atoms with Crippen LogP contribution in [0, 0.1) is 0 Å². The van der Waals surface area contributed by atoms with Crippen molar-refractivity contribution in [2.75, 3.05) is 39.4 Å². The standard InChI is InChI=1S/C28H30ClNO6/c1-6-35-22-11-17-14-26(31)30(20-10-8-9-19(29)15-20)27(21(17)16-23(22)36-7-2)18-12-24(32-3)28(34-5)25(13-18)33-4/h8-13,15-16,27H,6-7,14H2,1-5H3/t27-/m0/s1. The number of nitrogens with zero attached hydrogens (tertiary/aromatic N) is 1. The number of methoxy groups -OCH3 is 3. The summed E-state index contributed by atoms with van der Waals surface area (Å²) >= 11 is 6.33. The fourth-order valence-electron chi connectivity index (χ4n) is 4.60. The van der Waals surface area contributed by atoms with E-state index in [0.717, 1.165) is 16.7 Å². The Balaban J connectivity index is 2.00. The molecule has 0 spiro atoms. The normalized spacial score (nSPS) is 14.8. The first-order valence-corrected chi connectivity index (χ1v) is 12.1. The number of carbonyl (C=O) groups is 1. The average Bonchev–Trinajstić information content (AvgIpc) is 2.87. The van der Waals surface area contributed by atoms with Crippen LogP contribution in [0.3, 0.4) is 0 Å². The quantitative estimate of drug-likeness (QED) is 0.359. The van der Waals surface area contributed by atoms with Crippen LogP contribution >= 0.6 is 11.6 Å². The minimum Gasteiger partial charge on any atom is -0.493 e. The minimum absolute atomic E-state index is 0.0740. The first-order valence-electron chi connectivity index (χ1n) is 11.8. The number of carbonyl (C=O) groups excluding carboxylic acids is 1. The largest absolute Gasteiger partial charge is 0.493 e. The monoisotopic (exact) mass is 511 g/mol. The third-order valence-corrected chi connectivity index (χ3v) is 6.29. The molecule has 3 aromatic rings. The van der Waals surface area contributed by atoms with Crippen molar-refractivity contribution in [3.8, 4) is 28.7 Å². The summed E-state index contributed by atoms with van der Waals surface area (Å²) in [5, 5.41) is 0.538. The van der Waals surface area contributed by atoms with Crippen molar-refractivity contribution in [2.24, 2.45) is 0 Å². The van der Waals surface area contributed by atoms with Crippen LogP contribution in [0.4, 0.5) is 5.69 Å². The molecule has 3 aromatic carbocycles. The van der Waals surface area contributed by atoms with Gasteiger partial charge in [-0.05, 0) is 73.0 Å². The number of rotatable bonds is 9. The zero-order valence-electron chi connectivity index (χ0n) is 21.1. The lowest BCUT2D eigenvalue weighted by atomic mass is 9.86. The Morgan fingerprint density at radius 2 is 1.50 bits per heavy atom. The lowest BCUT2D eigenvalue weighted by Gasteiger charge is -2.38. The molecule has 1 heterocycles. The Hall–Kier alpha value is -3.58. The van der Waals surface area contributed by atoms with Gasteiger partial charge in [-0.25, -0.2) is 0 Å². The molecule has 4 rings (SSSR count). The molecule has 0 fully saturated rings. The molecule has 8 heteroatoms. The third kappa shape index (κ3) is 4.75. The van der Waals surface area contributed by atoms with E-state index in [1.165, 1.54) is 0 Å². The molecular formula is C28H30ClNO6. The molecule has 0 radical (unpaired) electrons. The number of fused-ring (bicyclic) bond motifs is 1. The van der Waals surface area contributed by atoms with Crippen LogP contribution in [0.15, 0.2) is 48.5 Å². The molecule has 0 aromatic heterocycles. The summed E-state index contributed by atoms with van der Waals surface area (Å²) in [7, 11) is 4.69. The fourth-order valence-corrected chi connectivity index (χ4v) is 4.78. The van der Waals surface area contributed by atoms with Gasteiger partial charge in [0.2, 0.25) is 11.7 Å². The molecule has 1 aliphatic heterocycles. The molecule has 0 aliphatic carbocycles. The minimum atomic E-state index is -0.511. The van der Waals surface area contributed by atoms with E-state index in [1.54, 1.807) is 38.4 Å². The van der Waals surface area contributed by atoms with Crippen molar-refractivity contribution in [1.29, 1.82) is 0 Å². The summed E-state index contributed by atoms with van der Waals surface area (Å²) in [5.74, 6) is 2.63. The van der Waals surface area contributed by atoms with Crippen LogP contribution < -0.4 is 28.6 Å². The van der Waals surface area contributed by atoms with E-state index >= 15 is 0 Å². The highest BCUT2D eigenvalue weighted by Gasteiger charge is 2.37. The number of amides is 1. The molecule has 1 atom stereocenters. The maximum absolute atomic E-state index is 13.7. The van der Waals surface area contributed by atoms with Crippen LogP contribution in [0.5, 0.6) is 28.7 Å². The molecule has 190 valence electrons. The van der Waals surface area contributed by atoms with Crippen molar-refractivity contribution in [1.82, 2.24) is 0 Å². The first kappa shape index (κ1) is 25.5. The fraction of sp³-hybridized carbons (Fsp3) is 0.321. The van der Waals surface area contributed by atoms with Crippen LogP contribution in [-0.2, 0) is 11.2 Å². The molecule has 0 saturated heterocycles. The Morgan fingerprint density at radius 3 is 2.06 bits per heavy atom. The van der Waals surface area contributed by atoms with Gasteiger partial charge in [-0.2, -0.15) is 0 Å². The lowest BCUT2D eigenvalue weighted by Crippen LogP contribution is -2.41. The number of halogens is 1. The van der Waals surface area contributed by atoms with Crippen molar-refractivity contribution in [2.45, 2.75) is 26.3 Å². The Labute approximate surface area is 216 Å². The van der Waals surface area contributed by atoms with Gasteiger partial charge in [-0.1, -0.05) is 17.7 Å². The van der Waals surface area contributed by atoms with Gasteiger partial charge in [0.25, 0.3) is 0 Å². The maximum atomic E-state index is 13.7. The van der Waals surface area contributed by atoms with Crippen molar-refractivity contribution < 1.29 is 28.5 Å². The van der Waals surface area contributed by atoms with Gasteiger partial charge in [-0.15, -0.1) is 0 Å². The number of ether oxygens (including phenoxy) is 5. The van der Waals surface area contributed by atoms with Crippen LogP contribution in [0.25, 0.3) is 0 Å². The van der Waals surface area contributed by atoms with E-state index in [0.29, 0.717) is 52.7 Å². The molecule has 0 N–H and O–H groups in total. The van der Waals surface area contributed by atoms with Crippen molar-refractivity contribution in [3.63, 3.8) is 0 Å². The lowest BCUT2D eigenvalue weighted by molar-refractivity contribution is -0.118. The van der Waals surface area contributed by atoms with Crippen molar-refractivity contribution >= 4 is 23.2 Å². The molecule has 36 heavy (non-hydrogen) atoms. The van der Waals surface area contributed by atoms with Crippen LogP contribution in [0.1, 0.15) is 36.6 Å². The summed E-state index contributed by atoms with van der Waals surface area (Å²) < 4.78 is 28.5. The van der Waals surface area contributed by atoms with Gasteiger partial charge in [0.1, 0.15) is 0 Å². The summed E-state index contributed by atoms with van der Waals surface area (Å²) in [4.78, 5) is 15.4. The highest BCUT2D eigenvalue weighted by Crippen LogP contribution is 2.47. The molecule has 0 saturated carbocycles. The zero-order chi connectivity index (χ0) is 25.8. The van der Waals surface area contributed by atoms with Gasteiger partial charge in [0.05, 0.1) is 47.0 Å². The van der Waals surface area contributed by atoms with Gasteiger partial charge < -0.3 is 28.6 Å². The molecule has 1 aliphatic rings. The Morgan fingerprint density at radius 1 is 0.861 bits per heavy atom. The van der Waals surface area contributed by atoms with E-state index in [9.17, 15) is 4.79 Å². The van der Waals surface area contributed by atoms with E-state index in [-0.39, 0.29) is 12.3 Å². The molecule has 0 bridgehead atoms. The van der Waals surface area contributed by atoms with Gasteiger partial charge >= 0.3 is 0 Å². The Kier molecular flexibility index (Phi) is 7.79. The van der Waals surface area contributed by atoms with E-state index in [2.05, 4.69) is 0 Å². The Bertz CT molecular complexity index is 1240. The van der Waals surface area contributed by atoms with Crippen LogP contribution in [-0.4, -0.2) is 40.5 Å². The second kappa shape index (κ2) is 11.0. The molecule has 0 unspecified atom stereocenters. The van der Waals surface area contributed by atoms with Crippen molar-refractivity contribution in [3.05, 3.63) is 70.2 Å². The van der Waals surface area contributed by atoms with E-state index in [4.69, 9.17) is 35.3 Å². The summed E-state index contributed by atoms with van der Waals surface area (Å²) in [6.07, 6.45) is 0.204. The van der Waals surface area contributed by atoms with E-state index in [1.807, 2.05) is 50.2 Å². The SMILES string of the molecule is CCOc1cc2c(cc1OCC)[C@H](c1cc(OC)c(OC)c(OC)c1)N(c1cccc(Cl)c1)C(=O)C2. The maximum Gasteiger partial charge on any atom is 0.232 e. The first-order chi connectivity index (χ1) is 17.4. The second-order valence-corrected chi connectivity index (χ2v) is 8.58. The highest BCUT2D eigenvalue weighted by atomic mass is 35.5. The highest BCUT2D eigenvalue weighted by molar-refractivity contribution is 6.31. The number of hydrogen-bond acceptors (Lipinski definition) is 6. The van der Waals surface area contributed by atoms with Gasteiger partial charge in [-0.3, -0.25) is 4.79 Å². The number of anilines is 1. The predicted molar refractivity (Wildman–Crippen MR) is 139 cm³/mol. The van der Waals surface area contributed by atoms with Crippen LogP contribution in [0.2, 0.25) is 5.02 Å².